The summed E-state index contributed by atoms with van der Waals surface area (Å²) in [5.74, 6) is 0.303. The van der Waals surface area contributed by atoms with Crippen LogP contribution in [0.3, 0.4) is 0 Å². The van der Waals surface area contributed by atoms with E-state index < -0.39 is 0 Å². The first kappa shape index (κ1) is 12.9. The molecule has 98 valence electrons. The van der Waals surface area contributed by atoms with Crippen molar-refractivity contribution in [2.24, 2.45) is 7.05 Å². The third-order valence-corrected chi connectivity index (χ3v) is 2.62. The Morgan fingerprint density at radius 1 is 1.47 bits per heavy atom. The number of phenols is 1. The van der Waals surface area contributed by atoms with Gasteiger partial charge in [0.25, 0.3) is 0 Å². The topological polar surface area (TPSA) is 64.3 Å². The highest BCUT2D eigenvalue weighted by atomic mass is 16.5. The van der Waals surface area contributed by atoms with E-state index in [0.29, 0.717) is 11.3 Å². The zero-order chi connectivity index (χ0) is 13.8. The van der Waals surface area contributed by atoms with E-state index in [0.717, 1.165) is 5.56 Å². The molecular weight excluding hydrogens is 244 g/mol. The molecule has 0 atom stereocenters. The fraction of sp³-hybridized carbons (Fsp3) is 0.143. The Morgan fingerprint density at radius 3 is 2.84 bits per heavy atom. The fourth-order valence-electron chi connectivity index (χ4n) is 1.63. The number of rotatable bonds is 4. The quantitative estimate of drug-likeness (QED) is 0.673. The van der Waals surface area contributed by atoms with Crippen LogP contribution in [0.1, 0.15) is 15.9 Å². The van der Waals surface area contributed by atoms with E-state index in [4.69, 9.17) is 4.74 Å². The molecule has 5 nitrogen and oxygen atoms in total. The molecule has 0 spiro atoms. The average Bonchev–Trinajstić information content (AvgIpc) is 2.83. The number of ketones is 1. The number of aryl methyl sites for hydroxylation is 1. The van der Waals surface area contributed by atoms with Gasteiger partial charge in [0.05, 0.1) is 18.9 Å². The van der Waals surface area contributed by atoms with Crippen molar-refractivity contribution in [3.8, 4) is 11.5 Å². The highest BCUT2D eigenvalue weighted by molar-refractivity contribution is 6.06. The number of phenolic OH excluding ortho intramolecular Hbond substituents is 1. The number of aromatic nitrogens is 2. The summed E-state index contributed by atoms with van der Waals surface area (Å²) in [6, 6.07) is 4.93. The Labute approximate surface area is 110 Å². The molecule has 1 aromatic carbocycles. The maximum atomic E-state index is 11.8. The van der Waals surface area contributed by atoms with Crippen LogP contribution in [-0.2, 0) is 7.05 Å². The number of carbonyl (C=O) groups excluding carboxylic acids is 1. The van der Waals surface area contributed by atoms with Crippen LogP contribution in [0.2, 0.25) is 0 Å². The summed E-state index contributed by atoms with van der Waals surface area (Å²) >= 11 is 0. The van der Waals surface area contributed by atoms with E-state index in [1.165, 1.54) is 25.4 Å². The van der Waals surface area contributed by atoms with E-state index in [-0.39, 0.29) is 11.5 Å². The van der Waals surface area contributed by atoms with Gasteiger partial charge in [0.15, 0.2) is 17.3 Å². The fourth-order valence-corrected chi connectivity index (χ4v) is 1.63. The lowest BCUT2D eigenvalue weighted by molar-refractivity contribution is 0.104. The summed E-state index contributed by atoms with van der Waals surface area (Å²) in [4.78, 5) is 11.8. The molecule has 0 radical (unpaired) electrons. The average molecular weight is 258 g/mol. The first-order valence-corrected chi connectivity index (χ1v) is 5.68. The number of ether oxygens (including phenoxy) is 1. The van der Waals surface area contributed by atoms with E-state index >= 15 is 0 Å². The Hall–Kier alpha value is -2.56. The number of hydrogen-bond acceptors (Lipinski definition) is 4. The van der Waals surface area contributed by atoms with Crippen molar-refractivity contribution in [1.29, 1.82) is 0 Å². The van der Waals surface area contributed by atoms with Gasteiger partial charge in [0.2, 0.25) is 0 Å². The molecule has 0 aliphatic rings. The second-order valence-corrected chi connectivity index (χ2v) is 4.03. The van der Waals surface area contributed by atoms with Gasteiger partial charge in [-0.3, -0.25) is 9.48 Å². The van der Waals surface area contributed by atoms with Gasteiger partial charge in [0, 0.05) is 13.2 Å². The van der Waals surface area contributed by atoms with Gasteiger partial charge < -0.3 is 9.84 Å². The number of aromatic hydroxyl groups is 1. The zero-order valence-electron chi connectivity index (χ0n) is 10.7. The number of methoxy groups -OCH3 is 1. The van der Waals surface area contributed by atoms with E-state index in [9.17, 15) is 9.90 Å². The Kier molecular flexibility index (Phi) is 3.66. The maximum Gasteiger partial charge on any atom is 0.189 e. The Bertz CT molecular complexity index is 629. The third-order valence-electron chi connectivity index (χ3n) is 2.62. The molecular formula is C14H14N2O3. The minimum atomic E-state index is -0.136. The van der Waals surface area contributed by atoms with Crippen molar-refractivity contribution in [2.75, 3.05) is 7.11 Å². The molecule has 19 heavy (non-hydrogen) atoms. The van der Waals surface area contributed by atoms with Gasteiger partial charge >= 0.3 is 0 Å². The van der Waals surface area contributed by atoms with E-state index in [1.54, 1.807) is 36.1 Å². The second-order valence-electron chi connectivity index (χ2n) is 4.03. The Balaban J connectivity index is 2.14. The summed E-state index contributed by atoms with van der Waals surface area (Å²) in [5, 5.41) is 13.6. The SMILES string of the molecule is COc1ccc(/C=C/C(=O)c2cnn(C)c2)cc1O. The van der Waals surface area contributed by atoms with Crippen molar-refractivity contribution in [2.45, 2.75) is 0 Å². The van der Waals surface area contributed by atoms with Crippen LogP contribution in [0.5, 0.6) is 11.5 Å². The van der Waals surface area contributed by atoms with Gasteiger partial charge in [-0.05, 0) is 23.8 Å². The van der Waals surface area contributed by atoms with Gasteiger partial charge in [0.1, 0.15) is 0 Å². The summed E-state index contributed by atoms with van der Waals surface area (Å²) in [6.45, 7) is 0. The molecule has 0 bridgehead atoms. The van der Waals surface area contributed by atoms with Crippen LogP contribution in [-0.4, -0.2) is 27.8 Å². The molecule has 1 aromatic heterocycles. The molecule has 1 N–H and O–H groups in total. The minimum absolute atomic E-state index is 0.0403. The van der Waals surface area contributed by atoms with Crippen molar-refractivity contribution >= 4 is 11.9 Å². The van der Waals surface area contributed by atoms with E-state index in [1.807, 2.05) is 0 Å². The second kappa shape index (κ2) is 5.39. The maximum absolute atomic E-state index is 11.8. The van der Waals surface area contributed by atoms with Crippen molar-refractivity contribution in [1.82, 2.24) is 9.78 Å². The lowest BCUT2D eigenvalue weighted by Crippen LogP contribution is -1.92. The largest absolute Gasteiger partial charge is 0.504 e. The molecule has 0 aliphatic carbocycles. The third kappa shape index (κ3) is 3.01. The summed E-state index contributed by atoms with van der Waals surface area (Å²) < 4.78 is 6.52. The first-order valence-electron chi connectivity index (χ1n) is 5.68. The minimum Gasteiger partial charge on any atom is -0.504 e. The van der Waals surface area contributed by atoms with E-state index in [2.05, 4.69) is 5.10 Å². The van der Waals surface area contributed by atoms with Crippen LogP contribution in [0.15, 0.2) is 36.7 Å². The number of benzene rings is 1. The van der Waals surface area contributed by atoms with Crippen molar-refractivity contribution in [3.63, 3.8) is 0 Å². The van der Waals surface area contributed by atoms with Crippen molar-refractivity contribution < 1.29 is 14.6 Å². The molecule has 0 aliphatic heterocycles. The van der Waals surface area contributed by atoms with Crippen molar-refractivity contribution in [3.05, 3.63) is 47.8 Å². The van der Waals surface area contributed by atoms with Gasteiger partial charge in [-0.2, -0.15) is 5.10 Å². The Morgan fingerprint density at radius 2 is 2.26 bits per heavy atom. The lowest BCUT2D eigenvalue weighted by atomic mass is 10.1. The van der Waals surface area contributed by atoms with Crippen LogP contribution in [0.4, 0.5) is 0 Å². The molecule has 1 heterocycles. The predicted octanol–water partition coefficient (Wildman–Crippen LogP) is 2.03. The number of nitrogens with zero attached hydrogens (tertiary/aromatic N) is 2. The van der Waals surface area contributed by atoms with Gasteiger partial charge in [-0.1, -0.05) is 12.1 Å². The molecule has 0 amide bonds. The summed E-state index contributed by atoms with van der Waals surface area (Å²) in [6.07, 6.45) is 6.24. The van der Waals surface area contributed by atoms with Crippen LogP contribution in [0.25, 0.3) is 6.08 Å². The molecule has 0 saturated heterocycles. The number of hydrogen-bond donors (Lipinski definition) is 1. The highest BCUT2D eigenvalue weighted by Crippen LogP contribution is 2.26. The smallest absolute Gasteiger partial charge is 0.189 e. The number of allylic oxidation sites excluding steroid dienone is 1. The van der Waals surface area contributed by atoms with Gasteiger partial charge in [-0.25, -0.2) is 0 Å². The molecule has 0 fully saturated rings. The standard InChI is InChI=1S/C14H14N2O3/c1-16-9-11(8-15-16)12(17)5-3-10-4-6-14(19-2)13(18)7-10/h3-9,18H,1-2H3/b5-3+. The molecule has 2 aromatic rings. The van der Waals surface area contributed by atoms with Gasteiger partial charge in [-0.15, -0.1) is 0 Å². The summed E-state index contributed by atoms with van der Waals surface area (Å²) in [5.41, 5.74) is 1.24. The van der Waals surface area contributed by atoms with Crippen LogP contribution < -0.4 is 4.74 Å². The normalized spacial score (nSPS) is 10.8. The highest BCUT2D eigenvalue weighted by Gasteiger charge is 2.04. The lowest BCUT2D eigenvalue weighted by Gasteiger charge is -2.03. The molecule has 0 unspecified atom stereocenters. The number of carbonyl (C=O) groups is 1. The van der Waals surface area contributed by atoms with Crippen LogP contribution in [0, 0.1) is 0 Å². The first-order chi connectivity index (χ1) is 9.10. The molecule has 5 heteroatoms. The molecule has 2 rings (SSSR count). The van der Waals surface area contributed by atoms with Crippen LogP contribution >= 0.6 is 0 Å². The molecule has 0 saturated carbocycles. The summed E-state index contributed by atoms with van der Waals surface area (Å²) in [7, 11) is 3.23. The zero-order valence-corrected chi connectivity index (χ0v) is 10.7. The monoisotopic (exact) mass is 258 g/mol. The predicted molar refractivity (Wildman–Crippen MR) is 71.2 cm³/mol.